The molecule has 0 heterocycles. The number of nitrogens with one attached hydrogen (secondary N) is 1. The third-order valence-electron chi connectivity index (χ3n) is 4.94. The van der Waals surface area contributed by atoms with Gasteiger partial charge >= 0.3 is 0 Å². The Bertz CT molecular complexity index is 435. The average molecular weight is 289 g/mol. The van der Waals surface area contributed by atoms with E-state index in [1.807, 2.05) is 0 Å². The number of hydrogen-bond acceptors (Lipinski definition) is 2. The highest BCUT2D eigenvalue weighted by Gasteiger charge is 2.27. The molecule has 1 fully saturated rings. The van der Waals surface area contributed by atoms with Crippen molar-refractivity contribution in [3.8, 4) is 5.75 Å². The summed E-state index contributed by atoms with van der Waals surface area (Å²) in [4.78, 5) is 0. The third kappa shape index (κ3) is 4.23. The highest BCUT2D eigenvalue weighted by molar-refractivity contribution is 5.38. The zero-order valence-electron chi connectivity index (χ0n) is 14.1. The number of ether oxygens (including phenoxy) is 1. The molecule has 1 N–H and O–H groups in total. The quantitative estimate of drug-likeness (QED) is 0.806. The number of rotatable bonds is 6. The van der Waals surface area contributed by atoms with Crippen molar-refractivity contribution >= 4 is 0 Å². The number of aryl methyl sites for hydroxylation is 1. The Kier molecular flexibility index (Phi) is 6.10. The van der Waals surface area contributed by atoms with Gasteiger partial charge in [-0.1, -0.05) is 38.8 Å². The van der Waals surface area contributed by atoms with E-state index in [1.54, 1.807) is 7.11 Å². The summed E-state index contributed by atoms with van der Waals surface area (Å²) >= 11 is 0. The lowest BCUT2D eigenvalue weighted by atomic mass is 9.77. The lowest BCUT2D eigenvalue weighted by Gasteiger charge is -2.34. The van der Waals surface area contributed by atoms with E-state index in [-0.39, 0.29) is 0 Å². The van der Waals surface area contributed by atoms with E-state index in [9.17, 15) is 0 Å². The molecular formula is C19H31NO. The van der Waals surface area contributed by atoms with Gasteiger partial charge in [0.15, 0.2) is 0 Å². The lowest BCUT2D eigenvalue weighted by Crippen LogP contribution is -2.31. The van der Waals surface area contributed by atoms with Gasteiger partial charge in [-0.2, -0.15) is 0 Å². The van der Waals surface area contributed by atoms with Crippen LogP contribution in [0.1, 0.15) is 63.1 Å². The summed E-state index contributed by atoms with van der Waals surface area (Å²) < 4.78 is 5.52. The van der Waals surface area contributed by atoms with Gasteiger partial charge in [-0.15, -0.1) is 0 Å². The van der Waals surface area contributed by atoms with Crippen LogP contribution in [0.2, 0.25) is 0 Å². The van der Waals surface area contributed by atoms with E-state index in [1.165, 1.54) is 43.2 Å². The van der Waals surface area contributed by atoms with Gasteiger partial charge in [0.2, 0.25) is 0 Å². The summed E-state index contributed by atoms with van der Waals surface area (Å²) in [5, 5.41) is 3.79. The molecule has 1 aromatic carbocycles. The predicted molar refractivity (Wildman–Crippen MR) is 89.9 cm³/mol. The van der Waals surface area contributed by atoms with Crippen molar-refractivity contribution in [2.45, 2.75) is 58.9 Å². The lowest BCUT2D eigenvalue weighted by molar-refractivity contribution is 0.231. The first-order valence-corrected chi connectivity index (χ1v) is 8.53. The van der Waals surface area contributed by atoms with Crippen LogP contribution in [0.4, 0.5) is 0 Å². The summed E-state index contributed by atoms with van der Waals surface area (Å²) in [6, 6.07) is 7.19. The molecule has 0 radical (unpaired) electrons. The van der Waals surface area contributed by atoms with Crippen LogP contribution in [-0.4, -0.2) is 13.7 Å². The number of hydrogen-bond donors (Lipinski definition) is 1. The van der Waals surface area contributed by atoms with Crippen molar-refractivity contribution in [1.29, 1.82) is 0 Å². The second-order valence-corrected chi connectivity index (χ2v) is 6.68. The Morgan fingerprint density at radius 1 is 1.24 bits per heavy atom. The molecule has 21 heavy (non-hydrogen) atoms. The van der Waals surface area contributed by atoms with Crippen molar-refractivity contribution in [2.24, 2.45) is 11.8 Å². The summed E-state index contributed by atoms with van der Waals surface area (Å²) in [5.41, 5.74) is 2.61. The van der Waals surface area contributed by atoms with Crippen LogP contribution in [0, 0.1) is 18.8 Å². The van der Waals surface area contributed by atoms with E-state index in [0.29, 0.717) is 6.04 Å². The fraction of sp³-hybridized carbons (Fsp3) is 0.684. The zero-order valence-corrected chi connectivity index (χ0v) is 14.1. The molecule has 118 valence electrons. The van der Waals surface area contributed by atoms with Crippen LogP contribution in [-0.2, 0) is 0 Å². The molecule has 2 heteroatoms. The fourth-order valence-corrected chi connectivity index (χ4v) is 3.51. The largest absolute Gasteiger partial charge is 0.496 e. The molecule has 2 nitrogen and oxygen atoms in total. The van der Waals surface area contributed by atoms with E-state index < -0.39 is 0 Å². The summed E-state index contributed by atoms with van der Waals surface area (Å²) in [5.74, 6) is 2.68. The van der Waals surface area contributed by atoms with Crippen LogP contribution in [0.15, 0.2) is 18.2 Å². The molecule has 0 aromatic heterocycles. The van der Waals surface area contributed by atoms with Crippen LogP contribution >= 0.6 is 0 Å². The van der Waals surface area contributed by atoms with E-state index in [4.69, 9.17) is 4.74 Å². The van der Waals surface area contributed by atoms with Gasteiger partial charge < -0.3 is 10.1 Å². The highest BCUT2D eigenvalue weighted by Crippen LogP contribution is 2.37. The van der Waals surface area contributed by atoms with Crippen molar-refractivity contribution in [2.75, 3.05) is 13.7 Å². The van der Waals surface area contributed by atoms with Gasteiger partial charge in [-0.25, -0.2) is 0 Å². The van der Waals surface area contributed by atoms with E-state index >= 15 is 0 Å². The smallest absolute Gasteiger partial charge is 0.122 e. The van der Waals surface area contributed by atoms with Crippen LogP contribution in [0.5, 0.6) is 5.75 Å². The molecule has 1 aliphatic rings. The monoisotopic (exact) mass is 289 g/mol. The van der Waals surface area contributed by atoms with Crippen LogP contribution in [0.3, 0.4) is 0 Å². The average Bonchev–Trinajstić information content (AvgIpc) is 2.50. The van der Waals surface area contributed by atoms with E-state index in [0.717, 1.165) is 24.1 Å². The summed E-state index contributed by atoms with van der Waals surface area (Å²) in [6.45, 7) is 7.83. The van der Waals surface area contributed by atoms with Crippen molar-refractivity contribution in [1.82, 2.24) is 5.32 Å². The normalized spacial score (nSPS) is 23.8. The van der Waals surface area contributed by atoms with Crippen molar-refractivity contribution in [3.63, 3.8) is 0 Å². The molecular weight excluding hydrogens is 258 g/mol. The molecule has 1 aromatic rings. The summed E-state index contributed by atoms with van der Waals surface area (Å²) in [7, 11) is 1.77. The van der Waals surface area contributed by atoms with Gasteiger partial charge in [0.05, 0.1) is 7.11 Å². The zero-order chi connectivity index (χ0) is 15.2. The standard InChI is InChI=1S/C19H31NO/c1-5-12-20-19(16-9-6-14(2)7-10-16)17-11-8-15(3)18(13-17)21-4/h8,11,13-14,16,19-20H,5-7,9-10,12H2,1-4H3. The topological polar surface area (TPSA) is 21.3 Å². The first-order valence-electron chi connectivity index (χ1n) is 8.53. The second kappa shape index (κ2) is 7.84. The molecule has 0 bridgehead atoms. The van der Waals surface area contributed by atoms with Gasteiger partial charge in [0.25, 0.3) is 0 Å². The number of methoxy groups -OCH3 is 1. The Hall–Kier alpha value is -1.02. The van der Waals surface area contributed by atoms with Gasteiger partial charge in [-0.05, 0) is 61.8 Å². The van der Waals surface area contributed by atoms with Gasteiger partial charge in [0.1, 0.15) is 5.75 Å². The number of benzene rings is 1. The molecule has 0 spiro atoms. The minimum absolute atomic E-state index is 0.479. The summed E-state index contributed by atoms with van der Waals surface area (Å²) in [6.07, 6.45) is 6.62. The molecule has 1 saturated carbocycles. The Morgan fingerprint density at radius 2 is 1.95 bits per heavy atom. The molecule has 1 unspecified atom stereocenters. The minimum Gasteiger partial charge on any atom is -0.496 e. The maximum Gasteiger partial charge on any atom is 0.122 e. The molecule has 0 amide bonds. The molecule has 1 aliphatic carbocycles. The van der Waals surface area contributed by atoms with E-state index in [2.05, 4.69) is 44.3 Å². The molecule has 2 rings (SSSR count). The highest BCUT2D eigenvalue weighted by atomic mass is 16.5. The van der Waals surface area contributed by atoms with Crippen molar-refractivity contribution in [3.05, 3.63) is 29.3 Å². The maximum absolute atomic E-state index is 5.52. The molecule has 0 aliphatic heterocycles. The Labute approximate surface area is 130 Å². The van der Waals surface area contributed by atoms with Crippen molar-refractivity contribution < 1.29 is 4.74 Å². The van der Waals surface area contributed by atoms with Crippen LogP contribution in [0.25, 0.3) is 0 Å². The predicted octanol–water partition coefficient (Wildman–Crippen LogP) is 4.87. The Morgan fingerprint density at radius 3 is 2.57 bits per heavy atom. The van der Waals surface area contributed by atoms with Gasteiger partial charge in [-0.3, -0.25) is 0 Å². The maximum atomic E-state index is 5.52. The van der Waals surface area contributed by atoms with Gasteiger partial charge in [0, 0.05) is 6.04 Å². The SMILES string of the molecule is CCCNC(c1ccc(C)c(OC)c1)C1CCC(C)CC1. The Balaban J connectivity index is 2.18. The minimum atomic E-state index is 0.479. The van der Waals surface area contributed by atoms with Crippen LogP contribution < -0.4 is 10.1 Å². The molecule has 0 saturated heterocycles. The first-order chi connectivity index (χ1) is 10.2. The molecule has 1 atom stereocenters. The fourth-order valence-electron chi connectivity index (χ4n) is 3.51. The third-order valence-corrected chi connectivity index (χ3v) is 4.94. The second-order valence-electron chi connectivity index (χ2n) is 6.68. The first kappa shape index (κ1) is 16.4.